The molecule has 1 aromatic rings. The largest absolute Gasteiger partial charge is 0.332 e. The summed E-state index contributed by atoms with van der Waals surface area (Å²) in [6.07, 6.45) is 1.68. The Morgan fingerprint density at radius 1 is 1.42 bits per heavy atom. The number of hydrogen-bond acceptors (Lipinski definition) is 6. The predicted octanol–water partition coefficient (Wildman–Crippen LogP) is 0.184. The number of amides is 2. The van der Waals surface area contributed by atoms with Crippen LogP contribution in [0.15, 0.2) is 6.33 Å². The lowest BCUT2D eigenvalue weighted by Gasteiger charge is -2.41. The quantitative estimate of drug-likeness (QED) is 0.473. The number of carbonyl (C=O) groups is 3. The van der Waals surface area contributed by atoms with Crippen LogP contribution in [0.25, 0.3) is 0 Å². The number of halogens is 1. The first-order valence-corrected chi connectivity index (χ1v) is 5.83. The molecule has 1 aliphatic rings. The van der Waals surface area contributed by atoms with E-state index in [-0.39, 0.29) is 23.1 Å². The molecule has 0 bridgehead atoms. The van der Waals surface area contributed by atoms with Crippen LogP contribution in [0.1, 0.15) is 24.2 Å². The molecule has 1 fully saturated rings. The first kappa shape index (κ1) is 13.4. The van der Waals surface area contributed by atoms with Crippen molar-refractivity contribution in [3.05, 3.63) is 17.0 Å². The first-order chi connectivity index (χ1) is 8.87. The minimum atomic E-state index is -1.02. The first-order valence-electron chi connectivity index (χ1n) is 5.45. The number of nitrogens with zero attached hydrogens (tertiary/aromatic N) is 3. The van der Waals surface area contributed by atoms with Crippen molar-refractivity contribution in [1.82, 2.24) is 15.3 Å². The lowest BCUT2D eigenvalue weighted by molar-refractivity contribution is -0.135. The van der Waals surface area contributed by atoms with Gasteiger partial charge in [0.2, 0.25) is 5.91 Å². The number of nitrogens with one attached hydrogen (secondary N) is 1. The normalized spacial score (nSPS) is 18.2. The van der Waals surface area contributed by atoms with E-state index >= 15 is 0 Å². The van der Waals surface area contributed by atoms with E-state index < -0.39 is 17.4 Å². The second kappa shape index (κ2) is 4.58. The van der Waals surface area contributed by atoms with Gasteiger partial charge in [0.25, 0.3) is 5.91 Å². The monoisotopic (exact) mass is 282 g/mol. The van der Waals surface area contributed by atoms with Gasteiger partial charge in [-0.2, -0.15) is 0 Å². The number of hydrogen-bond donors (Lipinski definition) is 1. The summed E-state index contributed by atoms with van der Waals surface area (Å²) >= 11 is 5.82. The van der Waals surface area contributed by atoms with Crippen LogP contribution in [0, 0.1) is 0 Å². The third kappa shape index (κ3) is 2.17. The van der Waals surface area contributed by atoms with Crippen molar-refractivity contribution in [1.29, 1.82) is 0 Å². The van der Waals surface area contributed by atoms with Crippen molar-refractivity contribution in [2.45, 2.75) is 19.4 Å². The predicted molar refractivity (Wildman–Crippen MR) is 67.0 cm³/mol. The summed E-state index contributed by atoms with van der Waals surface area (Å²) in [6.45, 7) is 3.16. The minimum Gasteiger partial charge on any atom is -0.332 e. The van der Waals surface area contributed by atoms with Gasteiger partial charge in [0.15, 0.2) is 6.29 Å². The SMILES string of the molecule is CC1(C)C(=O)NC(=O)CN1c1ncnc(Cl)c1C=O. The zero-order valence-corrected chi connectivity index (χ0v) is 11.1. The lowest BCUT2D eigenvalue weighted by Crippen LogP contribution is -2.64. The molecule has 19 heavy (non-hydrogen) atoms. The van der Waals surface area contributed by atoms with Crippen LogP contribution in [-0.2, 0) is 9.59 Å². The molecule has 2 heterocycles. The summed E-state index contributed by atoms with van der Waals surface area (Å²) in [7, 11) is 0. The summed E-state index contributed by atoms with van der Waals surface area (Å²) in [6, 6.07) is 0. The standard InChI is InChI=1S/C11H11ClN4O3/c1-11(2)10(19)15-7(18)3-16(11)9-6(4-17)8(12)13-5-14-9/h4-5H,3H2,1-2H3,(H,15,18,19). The van der Waals surface area contributed by atoms with Crippen molar-refractivity contribution in [2.24, 2.45) is 0 Å². The van der Waals surface area contributed by atoms with Gasteiger partial charge in [-0.15, -0.1) is 0 Å². The van der Waals surface area contributed by atoms with Gasteiger partial charge in [-0.25, -0.2) is 9.97 Å². The molecular weight excluding hydrogens is 272 g/mol. The second-order valence-electron chi connectivity index (χ2n) is 4.54. The van der Waals surface area contributed by atoms with Gasteiger partial charge >= 0.3 is 0 Å². The maximum absolute atomic E-state index is 11.9. The number of piperazine rings is 1. The van der Waals surface area contributed by atoms with E-state index in [1.54, 1.807) is 13.8 Å². The average molecular weight is 283 g/mol. The van der Waals surface area contributed by atoms with Crippen LogP contribution >= 0.6 is 11.6 Å². The molecule has 0 aromatic carbocycles. The zero-order valence-electron chi connectivity index (χ0n) is 10.3. The number of rotatable bonds is 2. The van der Waals surface area contributed by atoms with Crippen molar-refractivity contribution in [3.63, 3.8) is 0 Å². The summed E-state index contributed by atoms with van der Waals surface area (Å²) in [5.41, 5.74) is -0.969. The van der Waals surface area contributed by atoms with Gasteiger partial charge in [-0.05, 0) is 13.8 Å². The summed E-state index contributed by atoms with van der Waals surface area (Å²) < 4.78 is 0. The Labute approximate surface area is 114 Å². The van der Waals surface area contributed by atoms with Gasteiger partial charge in [0.05, 0.1) is 12.1 Å². The Bertz CT molecular complexity index is 573. The van der Waals surface area contributed by atoms with Gasteiger partial charge in [-0.1, -0.05) is 11.6 Å². The minimum absolute atomic E-state index is 0.0192. The van der Waals surface area contributed by atoms with Crippen molar-refractivity contribution in [3.8, 4) is 0 Å². The molecule has 0 atom stereocenters. The Morgan fingerprint density at radius 2 is 2.11 bits per heavy atom. The third-order valence-electron chi connectivity index (χ3n) is 2.97. The molecule has 0 unspecified atom stereocenters. The van der Waals surface area contributed by atoms with Gasteiger partial charge in [-0.3, -0.25) is 19.7 Å². The smallest absolute Gasteiger partial charge is 0.251 e. The highest BCUT2D eigenvalue weighted by molar-refractivity contribution is 6.32. The summed E-state index contributed by atoms with van der Waals surface area (Å²) in [5.74, 6) is -0.755. The third-order valence-corrected chi connectivity index (χ3v) is 3.27. The zero-order chi connectivity index (χ0) is 14.2. The van der Waals surface area contributed by atoms with Crippen LogP contribution in [0.3, 0.4) is 0 Å². The molecule has 1 aliphatic heterocycles. The molecule has 8 heteroatoms. The highest BCUT2D eigenvalue weighted by atomic mass is 35.5. The van der Waals surface area contributed by atoms with Crippen LogP contribution in [0.5, 0.6) is 0 Å². The molecule has 0 saturated carbocycles. The Morgan fingerprint density at radius 3 is 2.74 bits per heavy atom. The number of carbonyl (C=O) groups excluding carboxylic acids is 3. The maximum atomic E-state index is 11.9. The van der Waals surface area contributed by atoms with E-state index in [1.165, 1.54) is 11.2 Å². The summed E-state index contributed by atoms with van der Waals surface area (Å²) in [5, 5.41) is 2.22. The van der Waals surface area contributed by atoms with E-state index in [9.17, 15) is 14.4 Å². The van der Waals surface area contributed by atoms with Crippen LogP contribution in [-0.4, -0.2) is 40.2 Å². The van der Waals surface area contributed by atoms with Crippen molar-refractivity contribution in [2.75, 3.05) is 11.4 Å². The fraction of sp³-hybridized carbons (Fsp3) is 0.364. The molecule has 1 aromatic heterocycles. The number of imide groups is 1. The van der Waals surface area contributed by atoms with Gasteiger partial charge < -0.3 is 4.90 Å². The van der Waals surface area contributed by atoms with E-state index in [2.05, 4.69) is 15.3 Å². The Balaban J connectivity index is 2.56. The van der Waals surface area contributed by atoms with E-state index in [0.29, 0.717) is 6.29 Å². The van der Waals surface area contributed by atoms with Crippen LogP contribution in [0.4, 0.5) is 5.82 Å². The molecule has 2 rings (SSSR count). The molecular formula is C11H11ClN4O3. The van der Waals surface area contributed by atoms with Crippen LogP contribution in [0.2, 0.25) is 5.15 Å². The summed E-state index contributed by atoms with van der Waals surface area (Å²) in [4.78, 5) is 43.5. The van der Waals surface area contributed by atoms with Gasteiger partial charge in [0.1, 0.15) is 22.8 Å². The maximum Gasteiger partial charge on any atom is 0.251 e. The van der Waals surface area contributed by atoms with E-state index in [1.807, 2.05) is 0 Å². The number of anilines is 1. The highest BCUT2D eigenvalue weighted by Gasteiger charge is 2.42. The molecule has 7 nitrogen and oxygen atoms in total. The number of aromatic nitrogens is 2. The molecule has 1 saturated heterocycles. The molecule has 100 valence electrons. The molecule has 1 N–H and O–H groups in total. The van der Waals surface area contributed by atoms with E-state index in [0.717, 1.165) is 0 Å². The second-order valence-corrected chi connectivity index (χ2v) is 4.90. The fourth-order valence-corrected chi connectivity index (χ4v) is 1.98. The lowest BCUT2D eigenvalue weighted by atomic mass is 9.98. The Hall–Kier alpha value is -2.02. The van der Waals surface area contributed by atoms with Crippen molar-refractivity contribution >= 4 is 35.5 Å². The topological polar surface area (TPSA) is 92.3 Å². The average Bonchev–Trinajstić information content (AvgIpc) is 2.34. The fourth-order valence-electron chi connectivity index (χ4n) is 1.80. The number of aldehydes is 1. The molecule has 0 radical (unpaired) electrons. The van der Waals surface area contributed by atoms with Gasteiger partial charge in [0, 0.05) is 0 Å². The van der Waals surface area contributed by atoms with E-state index in [4.69, 9.17) is 11.6 Å². The van der Waals surface area contributed by atoms with Crippen LogP contribution < -0.4 is 10.2 Å². The molecule has 0 spiro atoms. The molecule has 2 amide bonds. The van der Waals surface area contributed by atoms with Crippen molar-refractivity contribution < 1.29 is 14.4 Å². The molecule has 0 aliphatic carbocycles. The Kier molecular flexibility index (Phi) is 3.23. The highest BCUT2D eigenvalue weighted by Crippen LogP contribution is 2.29.